The van der Waals surface area contributed by atoms with Gasteiger partial charge in [0.1, 0.15) is 0 Å². The monoisotopic (exact) mass is 329 g/mol. The second-order valence-electron chi connectivity index (χ2n) is 5.79. The molecule has 5 heteroatoms. The molecule has 0 aromatic carbocycles. The third kappa shape index (κ3) is 4.90. The number of hydrogen-bond donors (Lipinski definition) is 1. The van der Waals surface area contributed by atoms with Crippen molar-refractivity contribution in [3.05, 3.63) is 16.9 Å². The summed E-state index contributed by atoms with van der Waals surface area (Å²) >= 11 is 8.51. The molecule has 0 aliphatic heterocycles. The average Bonchev–Trinajstić information content (AvgIpc) is 2.89. The first-order valence-corrected chi connectivity index (χ1v) is 9.75. The van der Waals surface area contributed by atoms with Gasteiger partial charge < -0.3 is 5.32 Å². The van der Waals surface area contributed by atoms with E-state index in [0.717, 1.165) is 41.2 Å². The van der Waals surface area contributed by atoms with E-state index >= 15 is 0 Å². The highest BCUT2D eigenvalue weighted by molar-refractivity contribution is 7.99. The molecule has 1 saturated carbocycles. The van der Waals surface area contributed by atoms with Gasteiger partial charge in [0.15, 0.2) is 0 Å². The summed E-state index contributed by atoms with van der Waals surface area (Å²) in [6, 6.07) is 0.312. The lowest BCUT2D eigenvalue weighted by Gasteiger charge is -2.25. The lowest BCUT2D eigenvalue weighted by atomic mass is 10.0. The molecular weight excluding hydrogens is 302 g/mol. The molecule has 1 fully saturated rings. The minimum absolute atomic E-state index is 0.312. The van der Waals surface area contributed by atoms with Crippen LogP contribution in [0.5, 0.6) is 0 Å². The normalized spacial score (nSPS) is 18.0. The maximum Gasteiger partial charge on any atom is 0.0834 e. The fourth-order valence-corrected chi connectivity index (χ4v) is 4.67. The standard InChI is InChI=1S/C16H28ClN3S/c1-3-10-18-15(12-21-13-8-6-5-7-9-13)16-14(17)11-19-20(16)4-2/h11,13,15,18H,3-10,12H2,1-2H3. The minimum atomic E-state index is 0.312. The molecule has 0 spiro atoms. The van der Waals surface area contributed by atoms with Gasteiger partial charge in [-0.05, 0) is 32.7 Å². The van der Waals surface area contributed by atoms with Crippen LogP contribution in [0.4, 0.5) is 0 Å². The predicted octanol–water partition coefficient (Wildman–Crippen LogP) is 4.66. The molecule has 1 aromatic rings. The van der Waals surface area contributed by atoms with Gasteiger partial charge in [0.05, 0.1) is 23.0 Å². The average molecular weight is 330 g/mol. The van der Waals surface area contributed by atoms with Crippen LogP contribution >= 0.6 is 23.4 Å². The first kappa shape index (κ1) is 17.2. The highest BCUT2D eigenvalue weighted by atomic mass is 35.5. The molecule has 0 bridgehead atoms. The third-order valence-electron chi connectivity index (χ3n) is 4.15. The molecule has 1 unspecified atom stereocenters. The highest BCUT2D eigenvalue weighted by Gasteiger charge is 2.22. The van der Waals surface area contributed by atoms with Crippen molar-refractivity contribution in [1.82, 2.24) is 15.1 Å². The van der Waals surface area contributed by atoms with E-state index in [1.807, 2.05) is 4.68 Å². The Balaban J connectivity index is 2.00. The predicted molar refractivity (Wildman–Crippen MR) is 93.3 cm³/mol. The second kappa shape index (κ2) is 9.06. The first-order chi connectivity index (χ1) is 10.3. The molecule has 1 atom stereocenters. The maximum absolute atomic E-state index is 6.39. The van der Waals surface area contributed by atoms with Gasteiger partial charge >= 0.3 is 0 Å². The van der Waals surface area contributed by atoms with Crippen LogP contribution in [0.25, 0.3) is 0 Å². The number of nitrogens with zero attached hydrogens (tertiary/aromatic N) is 2. The molecule has 3 nitrogen and oxygen atoms in total. The fraction of sp³-hybridized carbons (Fsp3) is 0.812. The Morgan fingerprint density at radius 1 is 1.38 bits per heavy atom. The lowest BCUT2D eigenvalue weighted by molar-refractivity contribution is 0.503. The Bertz CT molecular complexity index is 416. The van der Waals surface area contributed by atoms with E-state index in [2.05, 4.69) is 36.0 Å². The smallest absolute Gasteiger partial charge is 0.0834 e. The molecular formula is C16H28ClN3S. The molecule has 120 valence electrons. The fourth-order valence-electron chi connectivity index (χ4n) is 2.99. The van der Waals surface area contributed by atoms with Gasteiger partial charge in [0, 0.05) is 17.5 Å². The number of rotatable bonds is 8. The van der Waals surface area contributed by atoms with Crippen LogP contribution in [-0.4, -0.2) is 27.3 Å². The minimum Gasteiger partial charge on any atom is -0.308 e. The van der Waals surface area contributed by atoms with Gasteiger partial charge in [-0.3, -0.25) is 4.68 Å². The van der Waals surface area contributed by atoms with Crippen LogP contribution in [0, 0.1) is 0 Å². The molecule has 1 N–H and O–H groups in total. The Morgan fingerprint density at radius 3 is 2.81 bits per heavy atom. The zero-order chi connectivity index (χ0) is 15.1. The van der Waals surface area contributed by atoms with E-state index in [-0.39, 0.29) is 0 Å². The molecule has 0 amide bonds. The summed E-state index contributed by atoms with van der Waals surface area (Å²) in [5.74, 6) is 1.09. The number of aryl methyl sites for hydroxylation is 1. The first-order valence-electron chi connectivity index (χ1n) is 8.32. The van der Waals surface area contributed by atoms with Crippen molar-refractivity contribution in [2.45, 2.75) is 70.2 Å². The van der Waals surface area contributed by atoms with Crippen LogP contribution in [0.15, 0.2) is 6.20 Å². The van der Waals surface area contributed by atoms with Gasteiger partial charge in [-0.2, -0.15) is 16.9 Å². The van der Waals surface area contributed by atoms with Gasteiger partial charge in [-0.1, -0.05) is 37.8 Å². The quantitative estimate of drug-likeness (QED) is 0.752. The molecule has 21 heavy (non-hydrogen) atoms. The van der Waals surface area contributed by atoms with Crippen LogP contribution in [0.1, 0.15) is 64.1 Å². The van der Waals surface area contributed by atoms with Crippen molar-refractivity contribution < 1.29 is 0 Å². The van der Waals surface area contributed by atoms with Crippen molar-refractivity contribution in [2.24, 2.45) is 0 Å². The SMILES string of the molecule is CCCNC(CSC1CCCCC1)c1c(Cl)cnn1CC. The molecule has 1 aliphatic rings. The van der Waals surface area contributed by atoms with Crippen molar-refractivity contribution in [3.8, 4) is 0 Å². The van der Waals surface area contributed by atoms with Crippen molar-refractivity contribution in [3.63, 3.8) is 0 Å². The van der Waals surface area contributed by atoms with Crippen molar-refractivity contribution in [2.75, 3.05) is 12.3 Å². The summed E-state index contributed by atoms with van der Waals surface area (Å²) < 4.78 is 2.04. The summed E-state index contributed by atoms with van der Waals surface area (Å²) in [5, 5.41) is 9.69. The van der Waals surface area contributed by atoms with Crippen LogP contribution in [0.2, 0.25) is 5.02 Å². The summed E-state index contributed by atoms with van der Waals surface area (Å²) in [5.41, 5.74) is 1.16. The van der Waals surface area contributed by atoms with Gasteiger partial charge in [0.25, 0.3) is 0 Å². The summed E-state index contributed by atoms with van der Waals surface area (Å²) in [6.45, 7) is 6.23. The van der Waals surface area contributed by atoms with E-state index in [1.54, 1.807) is 6.20 Å². The molecule has 2 rings (SSSR count). The Labute approximate surface area is 138 Å². The van der Waals surface area contributed by atoms with Crippen LogP contribution in [-0.2, 0) is 6.54 Å². The van der Waals surface area contributed by atoms with Crippen molar-refractivity contribution >= 4 is 23.4 Å². The Morgan fingerprint density at radius 2 is 2.14 bits per heavy atom. The van der Waals surface area contributed by atoms with Crippen molar-refractivity contribution in [1.29, 1.82) is 0 Å². The van der Waals surface area contributed by atoms with Gasteiger partial charge in [-0.25, -0.2) is 0 Å². The zero-order valence-electron chi connectivity index (χ0n) is 13.3. The van der Waals surface area contributed by atoms with Crippen LogP contribution in [0.3, 0.4) is 0 Å². The van der Waals surface area contributed by atoms with E-state index in [4.69, 9.17) is 11.6 Å². The van der Waals surface area contributed by atoms with E-state index in [9.17, 15) is 0 Å². The summed E-state index contributed by atoms with van der Waals surface area (Å²) in [7, 11) is 0. The number of nitrogens with one attached hydrogen (secondary N) is 1. The zero-order valence-corrected chi connectivity index (χ0v) is 14.8. The number of halogens is 1. The van der Waals surface area contributed by atoms with Crippen LogP contribution < -0.4 is 5.32 Å². The maximum atomic E-state index is 6.39. The van der Waals surface area contributed by atoms with Gasteiger partial charge in [-0.15, -0.1) is 0 Å². The molecule has 0 radical (unpaired) electrons. The largest absolute Gasteiger partial charge is 0.308 e. The molecule has 1 aliphatic carbocycles. The molecule has 1 heterocycles. The van der Waals surface area contributed by atoms with Gasteiger partial charge in [0.2, 0.25) is 0 Å². The number of hydrogen-bond acceptors (Lipinski definition) is 3. The number of thioether (sulfide) groups is 1. The summed E-state index contributed by atoms with van der Waals surface area (Å²) in [4.78, 5) is 0. The Hall–Kier alpha value is -0.190. The second-order valence-corrected chi connectivity index (χ2v) is 7.53. The summed E-state index contributed by atoms with van der Waals surface area (Å²) in [6.07, 6.45) is 9.91. The van der Waals surface area contributed by atoms with E-state index in [1.165, 1.54) is 32.1 Å². The number of aromatic nitrogens is 2. The lowest BCUT2D eigenvalue weighted by Crippen LogP contribution is -2.28. The molecule has 1 aromatic heterocycles. The topological polar surface area (TPSA) is 29.9 Å². The Kier molecular flexibility index (Phi) is 7.41. The molecule has 0 saturated heterocycles. The highest BCUT2D eigenvalue weighted by Crippen LogP contribution is 2.32. The van der Waals surface area contributed by atoms with E-state index < -0.39 is 0 Å². The van der Waals surface area contributed by atoms with E-state index in [0.29, 0.717) is 6.04 Å². The third-order valence-corrected chi connectivity index (χ3v) is 5.91.